The molecular weight excluding hydrogens is 388 g/mol. The van der Waals surface area contributed by atoms with Gasteiger partial charge in [-0.1, -0.05) is 59.4 Å². The number of nitrogens with one attached hydrogen (secondary N) is 1. The number of hydrogen-bond acceptors (Lipinski definition) is 5. The number of thioether (sulfide) groups is 1. The molecule has 1 saturated heterocycles. The number of thiocarbonyl (C=S) groups is 1. The minimum absolute atomic E-state index is 0.135. The topological polar surface area (TPSA) is 41.6 Å². The molecule has 1 N–H and O–H groups in total. The van der Waals surface area contributed by atoms with E-state index in [0.717, 1.165) is 23.5 Å². The zero-order valence-corrected chi connectivity index (χ0v) is 17.7. The summed E-state index contributed by atoms with van der Waals surface area (Å²) in [6.45, 7) is 7.91. The number of nitrogens with zero attached hydrogens (tertiary/aromatic N) is 1. The first-order chi connectivity index (χ1) is 13.4. The maximum atomic E-state index is 12.0. The molecule has 0 aliphatic carbocycles. The van der Waals surface area contributed by atoms with E-state index in [0.29, 0.717) is 15.8 Å². The lowest BCUT2D eigenvalue weighted by atomic mass is 10.0. The summed E-state index contributed by atoms with van der Waals surface area (Å²) in [6, 6.07) is 13.0. The van der Waals surface area contributed by atoms with Gasteiger partial charge in [0, 0.05) is 6.54 Å². The number of rotatable bonds is 3. The van der Waals surface area contributed by atoms with Crippen LogP contribution in [0.25, 0.3) is 6.08 Å². The van der Waals surface area contributed by atoms with E-state index < -0.39 is 0 Å². The van der Waals surface area contributed by atoms with Crippen LogP contribution in [0, 0.1) is 13.8 Å². The largest absolute Gasteiger partial charge is 0.489 e. The zero-order chi connectivity index (χ0) is 19.8. The summed E-state index contributed by atoms with van der Waals surface area (Å²) < 4.78 is 6.45. The van der Waals surface area contributed by atoms with Crippen LogP contribution >= 0.6 is 24.0 Å². The number of hydrogen-bond donors (Lipinski definition) is 1. The molecule has 1 amide bonds. The molecule has 2 aromatic carbocycles. The Morgan fingerprint density at radius 2 is 2.00 bits per heavy atom. The number of benzene rings is 2. The van der Waals surface area contributed by atoms with E-state index in [9.17, 15) is 4.79 Å². The van der Waals surface area contributed by atoms with Crippen LogP contribution in [0.2, 0.25) is 0 Å². The van der Waals surface area contributed by atoms with Gasteiger partial charge in [0.2, 0.25) is 0 Å². The maximum absolute atomic E-state index is 12.0. The Labute approximate surface area is 175 Å². The normalized spacial score (nSPS) is 20.2. The Hall–Kier alpha value is -2.31. The first-order valence-electron chi connectivity index (χ1n) is 9.24. The van der Waals surface area contributed by atoms with Crippen molar-refractivity contribution in [1.29, 1.82) is 0 Å². The van der Waals surface area contributed by atoms with E-state index in [2.05, 4.69) is 55.3 Å². The molecular formula is C22H22N2O2S2. The van der Waals surface area contributed by atoms with Crippen LogP contribution in [0.1, 0.15) is 29.2 Å². The highest BCUT2D eigenvalue weighted by Crippen LogP contribution is 2.37. The smallest absolute Gasteiger partial charge is 0.263 e. The zero-order valence-electron chi connectivity index (χ0n) is 16.1. The van der Waals surface area contributed by atoms with Gasteiger partial charge in [0.05, 0.1) is 16.6 Å². The van der Waals surface area contributed by atoms with E-state index in [1.807, 2.05) is 18.2 Å². The predicted molar refractivity (Wildman–Crippen MR) is 120 cm³/mol. The molecule has 4 rings (SSSR count). The SMILES string of the molecule is Cc1cc(C)cc(CN2c3cc(C=C4SC(=S)NC4=O)ccc3OCC2C)c1. The third-order valence-electron chi connectivity index (χ3n) is 4.88. The van der Waals surface area contributed by atoms with E-state index in [-0.39, 0.29) is 11.9 Å². The van der Waals surface area contributed by atoms with Gasteiger partial charge in [-0.05, 0) is 50.1 Å². The van der Waals surface area contributed by atoms with Crippen molar-refractivity contribution >= 4 is 46.0 Å². The number of aryl methyl sites for hydroxylation is 2. The second kappa shape index (κ2) is 7.60. The van der Waals surface area contributed by atoms with Crippen LogP contribution in [0.4, 0.5) is 5.69 Å². The Kier molecular flexibility index (Phi) is 5.17. The van der Waals surface area contributed by atoms with Crippen molar-refractivity contribution in [3.63, 3.8) is 0 Å². The van der Waals surface area contributed by atoms with Crippen molar-refractivity contribution in [1.82, 2.24) is 5.32 Å². The predicted octanol–water partition coefficient (Wildman–Crippen LogP) is 4.58. The van der Waals surface area contributed by atoms with Crippen LogP contribution in [0.3, 0.4) is 0 Å². The highest BCUT2D eigenvalue weighted by molar-refractivity contribution is 8.26. The van der Waals surface area contributed by atoms with Crippen molar-refractivity contribution in [3.05, 3.63) is 63.6 Å². The summed E-state index contributed by atoms with van der Waals surface area (Å²) in [5.41, 5.74) is 5.85. The van der Waals surface area contributed by atoms with Gasteiger partial charge in [-0.2, -0.15) is 0 Å². The summed E-state index contributed by atoms with van der Waals surface area (Å²) in [6.07, 6.45) is 1.88. The summed E-state index contributed by atoms with van der Waals surface area (Å²) >= 11 is 6.38. The van der Waals surface area contributed by atoms with E-state index in [1.54, 1.807) is 0 Å². The number of fused-ring (bicyclic) bond motifs is 1. The highest BCUT2D eigenvalue weighted by atomic mass is 32.2. The van der Waals surface area contributed by atoms with Gasteiger partial charge >= 0.3 is 0 Å². The molecule has 4 nitrogen and oxygen atoms in total. The second-order valence-electron chi connectivity index (χ2n) is 7.36. The van der Waals surface area contributed by atoms with Gasteiger partial charge in [0.25, 0.3) is 5.91 Å². The van der Waals surface area contributed by atoms with Crippen molar-refractivity contribution in [2.75, 3.05) is 11.5 Å². The van der Waals surface area contributed by atoms with Crippen LogP contribution in [-0.2, 0) is 11.3 Å². The van der Waals surface area contributed by atoms with Crippen molar-refractivity contribution in [2.45, 2.75) is 33.4 Å². The summed E-state index contributed by atoms with van der Waals surface area (Å²) in [4.78, 5) is 15.0. The average molecular weight is 411 g/mol. The molecule has 28 heavy (non-hydrogen) atoms. The van der Waals surface area contributed by atoms with Gasteiger partial charge < -0.3 is 15.0 Å². The minimum Gasteiger partial charge on any atom is -0.489 e. The van der Waals surface area contributed by atoms with Gasteiger partial charge in [-0.25, -0.2) is 0 Å². The average Bonchev–Trinajstić information content (AvgIpc) is 2.94. The molecule has 144 valence electrons. The van der Waals surface area contributed by atoms with Crippen LogP contribution < -0.4 is 15.0 Å². The van der Waals surface area contributed by atoms with Crippen LogP contribution in [0.15, 0.2) is 41.3 Å². The lowest BCUT2D eigenvalue weighted by Gasteiger charge is -2.37. The molecule has 6 heteroatoms. The molecule has 2 heterocycles. The molecule has 2 aliphatic rings. The number of ether oxygens (including phenoxy) is 1. The molecule has 2 aliphatic heterocycles. The third kappa shape index (κ3) is 3.93. The maximum Gasteiger partial charge on any atom is 0.263 e. The van der Waals surface area contributed by atoms with Crippen molar-refractivity contribution < 1.29 is 9.53 Å². The van der Waals surface area contributed by atoms with Gasteiger partial charge in [0.15, 0.2) is 0 Å². The van der Waals surface area contributed by atoms with Crippen molar-refractivity contribution in [2.24, 2.45) is 0 Å². The first-order valence-corrected chi connectivity index (χ1v) is 10.5. The van der Waals surface area contributed by atoms with E-state index in [4.69, 9.17) is 17.0 Å². The van der Waals surface area contributed by atoms with Gasteiger partial charge in [-0.15, -0.1) is 0 Å². The molecule has 0 aromatic heterocycles. The Morgan fingerprint density at radius 3 is 2.68 bits per heavy atom. The van der Waals surface area contributed by atoms with Gasteiger partial charge in [0.1, 0.15) is 16.7 Å². The summed E-state index contributed by atoms with van der Waals surface area (Å²) in [5, 5.41) is 2.66. The van der Waals surface area contributed by atoms with Gasteiger partial charge in [-0.3, -0.25) is 4.79 Å². The summed E-state index contributed by atoms with van der Waals surface area (Å²) in [5.74, 6) is 0.744. The first kappa shape index (κ1) is 19.0. The number of carbonyl (C=O) groups excluding carboxylic acids is 1. The molecule has 1 fully saturated rings. The monoisotopic (exact) mass is 410 g/mol. The highest BCUT2D eigenvalue weighted by Gasteiger charge is 2.26. The fourth-order valence-corrected chi connectivity index (χ4v) is 4.72. The standard InChI is InChI=1S/C22H22N2O2S2/c1-13-6-14(2)8-17(7-13)11-24-15(3)12-26-19-5-4-16(9-18(19)24)10-20-21(25)23-22(27)28-20/h4-10,15H,11-12H2,1-3H3,(H,23,25,27). The molecule has 0 saturated carbocycles. The lowest BCUT2D eigenvalue weighted by Crippen LogP contribution is -2.40. The minimum atomic E-state index is -0.135. The molecule has 0 radical (unpaired) electrons. The fraction of sp³-hybridized carbons (Fsp3) is 0.273. The molecule has 2 aromatic rings. The Bertz CT molecular complexity index is 980. The number of amides is 1. The van der Waals surface area contributed by atoms with E-state index in [1.165, 1.54) is 28.5 Å². The van der Waals surface area contributed by atoms with Crippen LogP contribution in [0.5, 0.6) is 5.75 Å². The number of anilines is 1. The fourth-order valence-electron chi connectivity index (χ4n) is 3.68. The lowest BCUT2D eigenvalue weighted by molar-refractivity contribution is -0.115. The third-order valence-corrected chi connectivity index (χ3v) is 6.04. The molecule has 0 bridgehead atoms. The number of carbonyl (C=O) groups is 1. The summed E-state index contributed by atoms with van der Waals surface area (Å²) in [7, 11) is 0. The molecule has 1 unspecified atom stereocenters. The Balaban J connectivity index is 1.68. The molecule has 0 spiro atoms. The van der Waals surface area contributed by atoms with Crippen LogP contribution in [-0.4, -0.2) is 22.9 Å². The second-order valence-corrected chi connectivity index (χ2v) is 9.08. The van der Waals surface area contributed by atoms with E-state index >= 15 is 0 Å². The Morgan fingerprint density at radius 1 is 1.25 bits per heavy atom. The quantitative estimate of drug-likeness (QED) is 0.593. The molecule has 1 atom stereocenters. The van der Waals surface area contributed by atoms with Crippen molar-refractivity contribution in [3.8, 4) is 5.75 Å².